The smallest absolute Gasteiger partial charge is 0.135 e. The molecule has 0 amide bonds. The predicted octanol–water partition coefficient (Wildman–Crippen LogP) is 24.9. The molecule has 0 saturated heterocycles. The van der Waals surface area contributed by atoms with Crippen molar-refractivity contribution in [3.8, 4) is 55.6 Å². The summed E-state index contributed by atoms with van der Waals surface area (Å²) in [6.07, 6.45) is 0. The molecule has 4 nitrogen and oxygen atoms in total. The van der Waals surface area contributed by atoms with E-state index in [1.807, 2.05) is 12.1 Å². The molecular weight excluding hydrogens is 1120 g/mol. The fourth-order valence-electron chi connectivity index (χ4n) is 14.7. The summed E-state index contributed by atoms with van der Waals surface area (Å²) < 4.78 is 12.6. The number of hydrogen-bond donors (Lipinski definition) is 0. The van der Waals surface area contributed by atoms with E-state index in [9.17, 15) is 0 Å². The van der Waals surface area contributed by atoms with Crippen LogP contribution in [0, 0.1) is 0 Å². The van der Waals surface area contributed by atoms with Crippen LogP contribution in [0.1, 0.15) is 49.9 Å². The minimum Gasteiger partial charge on any atom is -0.456 e. The first kappa shape index (κ1) is 54.7. The lowest BCUT2D eigenvalue weighted by Crippen LogP contribution is -2.16. The average Bonchev–Trinajstić information content (AvgIpc) is 1.57. The molecule has 92 heavy (non-hydrogen) atoms. The topological polar surface area (TPSA) is 32.8 Å². The molecule has 2 aliphatic rings. The monoisotopic (exact) mass is 1180 g/mol. The first-order chi connectivity index (χ1) is 45.1. The van der Waals surface area contributed by atoms with Crippen LogP contribution < -0.4 is 9.80 Å². The molecule has 4 heteroatoms. The molecule has 0 atom stereocenters. The van der Waals surface area contributed by atoms with Crippen LogP contribution in [0.25, 0.3) is 110 Å². The van der Waals surface area contributed by atoms with Gasteiger partial charge in [0, 0.05) is 66.5 Å². The van der Waals surface area contributed by atoms with Gasteiger partial charge in [-0.2, -0.15) is 0 Å². The predicted molar refractivity (Wildman–Crippen MR) is 386 cm³/mol. The standard InChI is InChI=1S/C45H33NO.C43H31NO/c1-45(2)41-27-36(25-26-37(41)39-28-40-38-15-9-10-16-43(38)47-44(40)29-42(39)45)46(34-21-17-32(18-22-34)30-11-5-3-6-12-30)35-23-19-33(20-24-35)31-13-7-4-8-14-31;1-43(2)39-25-34(22-23-35(39)37-26-38-36-14-8-9-15-41(36)45-42(38)27-40(37)43)44(32-12-4-3-5-13-32)33-20-18-29(19-21-33)31-17-16-28-10-6-7-11-30(28)24-31/h3-29H,1-2H3;3-27H,1-2H3. The Labute approximate surface area is 536 Å². The number of hydrogen-bond acceptors (Lipinski definition) is 4. The second-order valence-electron chi connectivity index (χ2n) is 25.6. The molecule has 2 heterocycles. The van der Waals surface area contributed by atoms with Crippen LogP contribution in [0.15, 0.2) is 324 Å². The van der Waals surface area contributed by atoms with Crippen molar-refractivity contribution in [2.45, 2.75) is 38.5 Å². The molecule has 0 aliphatic heterocycles. The number of fused-ring (bicyclic) bond motifs is 13. The molecule has 2 aliphatic carbocycles. The lowest BCUT2D eigenvalue weighted by Gasteiger charge is -2.28. The van der Waals surface area contributed by atoms with E-state index in [0.717, 1.165) is 61.8 Å². The highest BCUT2D eigenvalue weighted by molar-refractivity contribution is 6.09. The fraction of sp³-hybridized carbons (Fsp3) is 0.0682. The molecule has 0 radical (unpaired) electrons. The molecule has 14 aromatic carbocycles. The zero-order valence-electron chi connectivity index (χ0n) is 51.7. The summed E-state index contributed by atoms with van der Waals surface area (Å²) in [5.74, 6) is 0. The average molecular weight is 1180 g/mol. The highest BCUT2D eigenvalue weighted by Crippen LogP contribution is 2.55. The Bertz CT molecular complexity index is 5410. The zero-order chi connectivity index (χ0) is 61.7. The number of benzene rings is 14. The van der Waals surface area contributed by atoms with Gasteiger partial charge in [0.05, 0.1) is 0 Å². The van der Waals surface area contributed by atoms with Crippen LogP contribution in [0.5, 0.6) is 0 Å². The van der Waals surface area contributed by atoms with Crippen molar-refractivity contribution in [3.63, 3.8) is 0 Å². The molecule has 0 spiro atoms. The molecular formula is C88H64N2O2. The van der Waals surface area contributed by atoms with Gasteiger partial charge in [-0.25, -0.2) is 0 Å². The maximum absolute atomic E-state index is 6.32. The Morgan fingerprint density at radius 2 is 0.554 bits per heavy atom. The van der Waals surface area contributed by atoms with Gasteiger partial charge in [0.1, 0.15) is 22.3 Å². The third kappa shape index (κ3) is 9.20. The Hall–Kier alpha value is -11.5. The summed E-state index contributed by atoms with van der Waals surface area (Å²) in [4.78, 5) is 4.74. The first-order valence-corrected chi connectivity index (χ1v) is 31.9. The summed E-state index contributed by atoms with van der Waals surface area (Å²) in [5.41, 5.74) is 27.9. The van der Waals surface area contributed by atoms with Gasteiger partial charge in [0.2, 0.25) is 0 Å². The SMILES string of the molecule is CC1(C)c2cc(N(c3ccc(-c4ccccc4)cc3)c3ccc(-c4ccccc4)cc3)ccc2-c2cc3c(cc21)oc1ccccc13.CC1(C)c2cc(N(c3ccccc3)c3ccc(-c4ccc5ccccc5c4)cc3)ccc2-c2cc3c(cc21)oc1ccccc13. The second kappa shape index (κ2) is 21.7. The maximum atomic E-state index is 6.32. The Kier molecular flexibility index (Phi) is 12.9. The third-order valence-corrected chi connectivity index (χ3v) is 19.5. The van der Waals surface area contributed by atoms with Crippen molar-refractivity contribution >= 4 is 88.8 Å². The maximum Gasteiger partial charge on any atom is 0.135 e. The molecule has 0 bridgehead atoms. The van der Waals surface area contributed by atoms with Crippen LogP contribution in [-0.4, -0.2) is 0 Å². The minimum atomic E-state index is -0.187. The van der Waals surface area contributed by atoms with Crippen LogP contribution in [0.2, 0.25) is 0 Å². The quantitative estimate of drug-likeness (QED) is 0.144. The minimum absolute atomic E-state index is 0.170. The van der Waals surface area contributed by atoms with Gasteiger partial charge in [-0.1, -0.05) is 228 Å². The lowest BCUT2D eigenvalue weighted by atomic mass is 9.82. The summed E-state index contributed by atoms with van der Waals surface area (Å²) in [7, 11) is 0. The summed E-state index contributed by atoms with van der Waals surface area (Å²) in [5, 5.41) is 7.20. The van der Waals surface area contributed by atoms with E-state index < -0.39 is 0 Å². The van der Waals surface area contributed by atoms with Gasteiger partial charge < -0.3 is 18.6 Å². The van der Waals surface area contributed by atoms with Gasteiger partial charge in [0.15, 0.2) is 0 Å². The van der Waals surface area contributed by atoms with E-state index >= 15 is 0 Å². The molecule has 0 fully saturated rings. The van der Waals surface area contributed by atoms with Crippen molar-refractivity contribution in [3.05, 3.63) is 338 Å². The molecule has 2 aromatic heterocycles. The summed E-state index contributed by atoms with van der Waals surface area (Å²) in [6.45, 7) is 9.34. The summed E-state index contributed by atoms with van der Waals surface area (Å²) >= 11 is 0. The van der Waals surface area contributed by atoms with Crippen LogP contribution >= 0.6 is 0 Å². The summed E-state index contributed by atoms with van der Waals surface area (Å²) in [6, 6.07) is 114. The molecule has 438 valence electrons. The Morgan fingerprint density at radius 3 is 1.01 bits per heavy atom. The fourth-order valence-corrected chi connectivity index (χ4v) is 14.7. The Balaban J connectivity index is 0.000000141. The molecule has 0 unspecified atom stereocenters. The zero-order valence-corrected chi connectivity index (χ0v) is 51.7. The molecule has 0 saturated carbocycles. The first-order valence-electron chi connectivity index (χ1n) is 31.9. The van der Waals surface area contributed by atoms with Crippen LogP contribution in [-0.2, 0) is 10.8 Å². The van der Waals surface area contributed by atoms with E-state index in [-0.39, 0.29) is 10.8 Å². The number of para-hydroxylation sites is 3. The lowest BCUT2D eigenvalue weighted by molar-refractivity contribution is 0.647. The number of anilines is 6. The van der Waals surface area contributed by atoms with Crippen molar-refractivity contribution in [2.24, 2.45) is 0 Å². The number of furan rings is 2. The van der Waals surface area contributed by atoms with Gasteiger partial charge >= 0.3 is 0 Å². The highest BCUT2D eigenvalue weighted by Gasteiger charge is 2.39. The molecule has 16 aromatic rings. The van der Waals surface area contributed by atoms with Gasteiger partial charge in [-0.15, -0.1) is 0 Å². The van der Waals surface area contributed by atoms with Gasteiger partial charge in [-0.05, 0) is 204 Å². The Morgan fingerprint density at radius 1 is 0.217 bits per heavy atom. The number of nitrogens with zero attached hydrogens (tertiary/aromatic N) is 2. The van der Waals surface area contributed by atoms with E-state index in [1.54, 1.807) is 0 Å². The van der Waals surface area contributed by atoms with Crippen molar-refractivity contribution in [1.82, 2.24) is 0 Å². The van der Waals surface area contributed by atoms with Crippen molar-refractivity contribution < 1.29 is 8.83 Å². The largest absolute Gasteiger partial charge is 0.456 e. The molecule has 18 rings (SSSR count). The van der Waals surface area contributed by atoms with Crippen molar-refractivity contribution in [2.75, 3.05) is 9.80 Å². The van der Waals surface area contributed by atoms with Gasteiger partial charge in [-0.3, -0.25) is 0 Å². The third-order valence-electron chi connectivity index (χ3n) is 19.5. The van der Waals surface area contributed by atoms with E-state index in [0.29, 0.717) is 0 Å². The van der Waals surface area contributed by atoms with E-state index in [4.69, 9.17) is 8.83 Å². The van der Waals surface area contributed by atoms with Crippen LogP contribution in [0.3, 0.4) is 0 Å². The van der Waals surface area contributed by atoms with E-state index in [1.165, 1.54) is 105 Å². The number of rotatable bonds is 9. The van der Waals surface area contributed by atoms with E-state index in [2.05, 4.69) is 341 Å². The second-order valence-corrected chi connectivity index (χ2v) is 25.6. The van der Waals surface area contributed by atoms with Gasteiger partial charge in [0.25, 0.3) is 0 Å². The normalized spacial score (nSPS) is 13.2. The van der Waals surface area contributed by atoms with Crippen molar-refractivity contribution in [1.29, 1.82) is 0 Å². The molecule has 0 N–H and O–H groups in total. The van der Waals surface area contributed by atoms with Crippen LogP contribution in [0.4, 0.5) is 34.1 Å². The highest BCUT2D eigenvalue weighted by atomic mass is 16.3.